The van der Waals surface area contributed by atoms with Crippen molar-refractivity contribution in [2.45, 2.75) is 0 Å². The van der Waals surface area contributed by atoms with Crippen LogP contribution in [0.2, 0.25) is 0 Å². The van der Waals surface area contributed by atoms with Crippen LogP contribution in [-0.4, -0.2) is 0 Å². The number of rotatable bonds is 8. The van der Waals surface area contributed by atoms with Crippen LogP contribution in [0.1, 0.15) is 0 Å². The van der Waals surface area contributed by atoms with Crippen LogP contribution in [0.15, 0.2) is 224 Å². The van der Waals surface area contributed by atoms with Gasteiger partial charge in [0.15, 0.2) is 0 Å². The first-order chi connectivity index (χ1) is 27.7. The SMILES string of the molecule is c1ccc(-c2ccc(-c3ccc(N(c4ccccc4)c4ccc(-c5cc(-c6ccc(-c7ccccc7)cc6)cc6c5sc5ccccc56)cc4)cc3)cc2)cc1. The number of anilines is 3. The summed E-state index contributed by atoms with van der Waals surface area (Å²) in [5.74, 6) is 0. The third-order valence-electron chi connectivity index (χ3n) is 10.7. The van der Waals surface area contributed by atoms with Gasteiger partial charge in [0.05, 0.1) is 0 Å². The van der Waals surface area contributed by atoms with Crippen LogP contribution in [0.25, 0.3) is 75.8 Å². The van der Waals surface area contributed by atoms with Gasteiger partial charge >= 0.3 is 0 Å². The molecule has 0 spiro atoms. The van der Waals surface area contributed by atoms with Gasteiger partial charge in [0, 0.05) is 42.8 Å². The highest BCUT2D eigenvalue weighted by atomic mass is 32.1. The summed E-state index contributed by atoms with van der Waals surface area (Å²) < 4.78 is 2.62. The second-order valence-electron chi connectivity index (χ2n) is 14.2. The highest BCUT2D eigenvalue weighted by Crippen LogP contribution is 2.44. The Labute approximate surface area is 332 Å². The number of thiophene rings is 1. The van der Waals surface area contributed by atoms with Crippen LogP contribution in [0.5, 0.6) is 0 Å². The van der Waals surface area contributed by atoms with Crippen molar-refractivity contribution in [3.63, 3.8) is 0 Å². The topological polar surface area (TPSA) is 3.24 Å². The largest absolute Gasteiger partial charge is 0.311 e. The van der Waals surface area contributed by atoms with E-state index in [1.165, 1.54) is 75.8 Å². The lowest BCUT2D eigenvalue weighted by Gasteiger charge is -2.26. The first-order valence-corrected chi connectivity index (χ1v) is 19.9. The van der Waals surface area contributed by atoms with Crippen molar-refractivity contribution in [2.24, 2.45) is 0 Å². The average molecular weight is 732 g/mol. The molecule has 1 heterocycles. The second kappa shape index (κ2) is 14.7. The molecule has 2 heteroatoms. The number of hydrogen-bond donors (Lipinski definition) is 0. The zero-order valence-electron chi connectivity index (χ0n) is 30.7. The number of nitrogens with zero attached hydrogens (tertiary/aromatic N) is 1. The van der Waals surface area contributed by atoms with Crippen molar-refractivity contribution >= 4 is 48.6 Å². The number of fused-ring (bicyclic) bond motifs is 3. The zero-order valence-corrected chi connectivity index (χ0v) is 31.5. The van der Waals surface area contributed by atoms with Crippen LogP contribution >= 0.6 is 11.3 Å². The molecule has 10 rings (SSSR count). The molecule has 0 unspecified atom stereocenters. The van der Waals surface area contributed by atoms with Crippen molar-refractivity contribution in [1.29, 1.82) is 0 Å². The molecule has 264 valence electrons. The fourth-order valence-corrected chi connectivity index (χ4v) is 9.02. The molecular weight excluding hydrogens is 695 g/mol. The normalized spacial score (nSPS) is 11.2. The molecule has 0 radical (unpaired) electrons. The summed E-state index contributed by atoms with van der Waals surface area (Å²) in [5, 5.41) is 2.61. The van der Waals surface area contributed by atoms with Crippen LogP contribution in [-0.2, 0) is 0 Å². The van der Waals surface area contributed by atoms with Crippen molar-refractivity contribution in [2.75, 3.05) is 4.90 Å². The molecular formula is C54H37NS. The number of para-hydroxylation sites is 1. The van der Waals surface area contributed by atoms with E-state index in [1.54, 1.807) is 0 Å². The van der Waals surface area contributed by atoms with Crippen LogP contribution in [0.3, 0.4) is 0 Å². The van der Waals surface area contributed by atoms with Gasteiger partial charge in [-0.15, -0.1) is 11.3 Å². The van der Waals surface area contributed by atoms with Crippen LogP contribution in [0.4, 0.5) is 17.1 Å². The molecule has 56 heavy (non-hydrogen) atoms. The molecule has 0 amide bonds. The summed E-state index contributed by atoms with van der Waals surface area (Å²) in [6, 6.07) is 81.2. The Morgan fingerprint density at radius 3 is 1.16 bits per heavy atom. The molecule has 0 N–H and O–H groups in total. The quantitative estimate of drug-likeness (QED) is 0.150. The molecule has 0 saturated carbocycles. The molecule has 0 saturated heterocycles. The maximum Gasteiger partial charge on any atom is 0.0462 e. The van der Waals surface area contributed by atoms with Gasteiger partial charge in [-0.3, -0.25) is 0 Å². The monoisotopic (exact) mass is 731 g/mol. The van der Waals surface area contributed by atoms with E-state index >= 15 is 0 Å². The average Bonchev–Trinajstić information content (AvgIpc) is 3.67. The zero-order chi connectivity index (χ0) is 37.3. The van der Waals surface area contributed by atoms with Gasteiger partial charge in [-0.1, -0.05) is 170 Å². The minimum absolute atomic E-state index is 1.11. The molecule has 10 aromatic rings. The van der Waals surface area contributed by atoms with Gasteiger partial charge in [-0.2, -0.15) is 0 Å². The Hall–Kier alpha value is -7.00. The predicted molar refractivity (Wildman–Crippen MR) is 241 cm³/mol. The highest BCUT2D eigenvalue weighted by molar-refractivity contribution is 7.26. The van der Waals surface area contributed by atoms with Crippen molar-refractivity contribution < 1.29 is 0 Å². The summed E-state index contributed by atoms with van der Waals surface area (Å²) in [6.07, 6.45) is 0. The van der Waals surface area contributed by atoms with Crippen LogP contribution < -0.4 is 4.90 Å². The third-order valence-corrected chi connectivity index (χ3v) is 11.9. The van der Waals surface area contributed by atoms with E-state index in [2.05, 4.69) is 229 Å². The molecule has 1 aromatic heterocycles. The lowest BCUT2D eigenvalue weighted by molar-refractivity contribution is 1.28. The summed E-state index contributed by atoms with van der Waals surface area (Å²) in [5.41, 5.74) is 15.5. The smallest absolute Gasteiger partial charge is 0.0462 e. The van der Waals surface area contributed by atoms with Gasteiger partial charge in [-0.25, -0.2) is 0 Å². The van der Waals surface area contributed by atoms with Crippen molar-refractivity contribution in [3.05, 3.63) is 224 Å². The number of benzene rings is 9. The maximum atomic E-state index is 2.38. The van der Waals surface area contributed by atoms with Crippen molar-refractivity contribution in [3.8, 4) is 55.6 Å². The van der Waals surface area contributed by atoms with Crippen molar-refractivity contribution in [1.82, 2.24) is 0 Å². The van der Waals surface area contributed by atoms with Gasteiger partial charge in [0.1, 0.15) is 0 Å². The highest BCUT2D eigenvalue weighted by Gasteiger charge is 2.16. The molecule has 0 bridgehead atoms. The predicted octanol–water partition coefficient (Wildman–Crippen LogP) is 15.9. The minimum atomic E-state index is 1.11. The van der Waals surface area contributed by atoms with Gasteiger partial charge in [0.25, 0.3) is 0 Å². The Morgan fingerprint density at radius 1 is 0.268 bits per heavy atom. The Morgan fingerprint density at radius 2 is 0.643 bits per heavy atom. The maximum absolute atomic E-state index is 2.38. The molecule has 1 nitrogen and oxygen atoms in total. The molecule has 0 aliphatic carbocycles. The lowest BCUT2D eigenvalue weighted by atomic mass is 9.94. The van der Waals surface area contributed by atoms with E-state index in [0.717, 1.165) is 17.1 Å². The van der Waals surface area contributed by atoms with Gasteiger partial charge in [0.2, 0.25) is 0 Å². The fourth-order valence-electron chi connectivity index (χ4n) is 7.80. The van der Waals surface area contributed by atoms with E-state index in [0.29, 0.717) is 0 Å². The molecule has 0 aliphatic heterocycles. The van der Waals surface area contributed by atoms with E-state index in [4.69, 9.17) is 0 Å². The lowest BCUT2D eigenvalue weighted by Crippen LogP contribution is -2.09. The summed E-state index contributed by atoms with van der Waals surface area (Å²) in [6.45, 7) is 0. The first-order valence-electron chi connectivity index (χ1n) is 19.1. The second-order valence-corrected chi connectivity index (χ2v) is 15.2. The molecule has 9 aromatic carbocycles. The summed E-state index contributed by atoms with van der Waals surface area (Å²) in [4.78, 5) is 2.34. The standard InChI is InChI=1S/C54H37NS/c1-4-12-38(13-5-1)40-20-22-42(23-21-40)43-28-32-48(33-29-43)55(47-16-8-3-9-17-47)49-34-30-45(31-35-49)51-36-46(37-52-50-18-10-11-19-53(50)56-54(51)52)44-26-24-41(25-27-44)39-14-6-2-7-15-39/h1-37H. The summed E-state index contributed by atoms with van der Waals surface area (Å²) >= 11 is 1.88. The Bertz CT molecular complexity index is 2900. The Kier molecular flexibility index (Phi) is 8.79. The molecule has 0 aliphatic rings. The molecule has 0 atom stereocenters. The summed E-state index contributed by atoms with van der Waals surface area (Å²) in [7, 11) is 0. The fraction of sp³-hybridized carbons (Fsp3) is 0. The van der Waals surface area contributed by atoms with E-state index in [9.17, 15) is 0 Å². The van der Waals surface area contributed by atoms with E-state index in [1.807, 2.05) is 11.3 Å². The Balaban J connectivity index is 1.01. The molecule has 0 fully saturated rings. The van der Waals surface area contributed by atoms with Crippen LogP contribution in [0, 0.1) is 0 Å². The number of hydrogen-bond acceptors (Lipinski definition) is 2. The van der Waals surface area contributed by atoms with Gasteiger partial charge < -0.3 is 4.90 Å². The van der Waals surface area contributed by atoms with Gasteiger partial charge in [-0.05, 0) is 105 Å². The van der Waals surface area contributed by atoms with E-state index in [-0.39, 0.29) is 0 Å². The minimum Gasteiger partial charge on any atom is -0.311 e. The first kappa shape index (κ1) is 33.6. The van der Waals surface area contributed by atoms with E-state index < -0.39 is 0 Å². The third kappa shape index (κ3) is 6.47.